The molecule has 0 atom stereocenters. The Balaban J connectivity index is 1.47. The first-order valence-electron chi connectivity index (χ1n) is 9.90. The van der Waals surface area contributed by atoms with Gasteiger partial charge in [0.15, 0.2) is 0 Å². The van der Waals surface area contributed by atoms with Crippen molar-refractivity contribution in [3.63, 3.8) is 0 Å². The zero-order chi connectivity index (χ0) is 22.5. The van der Waals surface area contributed by atoms with Crippen LogP contribution in [0.2, 0.25) is 0 Å². The SMILES string of the molecule is Cc1cn2c(NCc3c(F)ccc4c3CCO4)ncc(-c3cnn(CC(F)(F)F)c3)c2n1. The van der Waals surface area contributed by atoms with Gasteiger partial charge in [-0.25, -0.2) is 14.4 Å². The highest BCUT2D eigenvalue weighted by atomic mass is 19.4. The summed E-state index contributed by atoms with van der Waals surface area (Å²) in [6.07, 6.45) is 2.20. The van der Waals surface area contributed by atoms with Crippen LogP contribution in [0, 0.1) is 12.7 Å². The molecule has 0 amide bonds. The van der Waals surface area contributed by atoms with Crippen molar-refractivity contribution < 1.29 is 22.3 Å². The summed E-state index contributed by atoms with van der Waals surface area (Å²) in [6.45, 7) is 1.33. The number of benzene rings is 1. The highest BCUT2D eigenvalue weighted by Gasteiger charge is 2.28. The predicted octanol–water partition coefficient (Wildman–Crippen LogP) is 4.15. The number of ether oxygens (including phenoxy) is 1. The van der Waals surface area contributed by atoms with Gasteiger partial charge in [0.25, 0.3) is 0 Å². The van der Waals surface area contributed by atoms with Crippen molar-refractivity contribution in [2.45, 2.75) is 32.6 Å². The topological polar surface area (TPSA) is 69.3 Å². The maximum atomic E-state index is 14.4. The zero-order valence-corrected chi connectivity index (χ0v) is 16.9. The zero-order valence-electron chi connectivity index (χ0n) is 16.9. The second-order valence-electron chi connectivity index (χ2n) is 7.57. The van der Waals surface area contributed by atoms with Crippen LogP contribution < -0.4 is 10.1 Å². The second-order valence-corrected chi connectivity index (χ2v) is 7.57. The Labute approximate surface area is 179 Å². The van der Waals surface area contributed by atoms with Gasteiger partial charge in [-0.1, -0.05) is 0 Å². The molecule has 7 nitrogen and oxygen atoms in total. The van der Waals surface area contributed by atoms with Crippen molar-refractivity contribution in [1.82, 2.24) is 24.1 Å². The number of anilines is 1. The van der Waals surface area contributed by atoms with E-state index in [1.54, 1.807) is 23.6 Å². The van der Waals surface area contributed by atoms with E-state index in [1.165, 1.54) is 24.7 Å². The summed E-state index contributed by atoms with van der Waals surface area (Å²) in [5.41, 5.74) is 3.57. The lowest BCUT2D eigenvalue weighted by molar-refractivity contribution is -0.142. The third-order valence-electron chi connectivity index (χ3n) is 5.26. The smallest absolute Gasteiger partial charge is 0.408 e. The third-order valence-corrected chi connectivity index (χ3v) is 5.26. The molecule has 0 aliphatic carbocycles. The molecule has 0 fully saturated rings. The lowest BCUT2D eigenvalue weighted by Gasteiger charge is -2.12. The highest BCUT2D eigenvalue weighted by molar-refractivity contribution is 5.77. The number of rotatable bonds is 5. The van der Waals surface area contributed by atoms with Crippen LogP contribution in [-0.2, 0) is 19.5 Å². The van der Waals surface area contributed by atoms with Gasteiger partial charge in [-0.3, -0.25) is 9.08 Å². The lowest BCUT2D eigenvalue weighted by Crippen LogP contribution is -2.17. The summed E-state index contributed by atoms with van der Waals surface area (Å²) >= 11 is 0. The summed E-state index contributed by atoms with van der Waals surface area (Å²) in [4.78, 5) is 8.91. The molecule has 32 heavy (non-hydrogen) atoms. The molecule has 166 valence electrons. The van der Waals surface area contributed by atoms with Crippen molar-refractivity contribution in [2.75, 3.05) is 11.9 Å². The number of hydrogen-bond donors (Lipinski definition) is 1. The minimum atomic E-state index is -4.37. The van der Waals surface area contributed by atoms with E-state index in [2.05, 4.69) is 20.4 Å². The van der Waals surface area contributed by atoms with E-state index in [0.29, 0.717) is 52.8 Å². The van der Waals surface area contributed by atoms with E-state index >= 15 is 0 Å². The second kappa shape index (κ2) is 7.50. The van der Waals surface area contributed by atoms with Gasteiger partial charge < -0.3 is 10.1 Å². The van der Waals surface area contributed by atoms with Crippen molar-refractivity contribution in [1.29, 1.82) is 0 Å². The number of halogens is 4. The van der Waals surface area contributed by atoms with Gasteiger partial charge >= 0.3 is 6.18 Å². The normalized spacial score (nSPS) is 13.4. The monoisotopic (exact) mass is 446 g/mol. The number of nitrogens with one attached hydrogen (secondary N) is 1. The maximum Gasteiger partial charge on any atom is 0.408 e. The average molecular weight is 446 g/mol. The fourth-order valence-corrected chi connectivity index (χ4v) is 3.88. The Kier molecular flexibility index (Phi) is 4.75. The minimum absolute atomic E-state index is 0.195. The Morgan fingerprint density at radius 1 is 1.19 bits per heavy atom. The van der Waals surface area contributed by atoms with Crippen molar-refractivity contribution in [2.24, 2.45) is 0 Å². The number of aromatic nitrogens is 5. The number of alkyl halides is 3. The van der Waals surface area contributed by atoms with Crippen LogP contribution in [-0.4, -0.2) is 36.9 Å². The molecule has 1 aliphatic heterocycles. The molecule has 0 saturated carbocycles. The number of nitrogens with zero attached hydrogens (tertiary/aromatic N) is 5. The van der Waals surface area contributed by atoms with Crippen LogP contribution in [0.1, 0.15) is 16.8 Å². The van der Waals surface area contributed by atoms with Gasteiger partial charge in [0.1, 0.15) is 23.8 Å². The van der Waals surface area contributed by atoms with Crippen LogP contribution in [0.4, 0.5) is 23.5 Å². The molecule has 5 rings (SSSR count). The molecule has 11 heteroatoms. The molecule has 1 aliphatic rings. The van der Waals surface area contributed by atoms with Gasteiger partial charge in [0, 0.05) is 53.8 Å². The summed E-state index contributed by atoms with van der Waals surface area (Å²) < 4.78 is 60.5. The van der Waals surface area contributed by atoms with Crippen LogP contribution >= 0.6 is 0 Å². The van der Waals surface area contributed by atoms with Gasteiger partial charge in [0.05, 0.1) is 18.5 Å². The van der Waals surface area contributed by atoms with Gasteiger partial charge in [0.2, 0.25) is 5.95 Å². The Hall–Kier alpha value is -3.63. The molecule has 0 unspecified atom stereocenters. The third kappa shape index (κ3) is 3.74. The first-order chi connectivity index (χ1) is 15.3. The van der Waals surface area contributed by atoms with Gasteiger partial charge in [-0.05, 0) is 19.1 Å². The largest absolute Gasteiger partial charge is 0.493 e. The van der Waals surface area contributed by atoms with E-state index in [4.69, 9.17) is 4.74 Å². The molecular weight excluding hydrogens is 428 g/mol. The summed E-state index contributed by atoms with van der Waals surface area (Å²) in [7, 11) is 0. The number of hydrogen-bond acceptors (Lipinski definition) is 5. The van der Waals surface area contributed by atoms with E-state index in [9.17, 15) is 17.6 Å². The fraction of sp³-hybridized carbons (Fsp3) is 0.286. The molecule has 1 N–H and O–H groups in total. The van der Waals surface area contributed by atoms with Crippen LogP contribution in [0.5, 0.6) is 5.75 Å². The number of fused-ring (bicyclic) bond motifs is 2. The Bertz CT molecular complexity index is 1310. The predicted molar refractivity (Wildman–Crippen MR) is 108 cm³/mol. The first kappa shape index (κ1) is 20.3. The highest BCUT2D eigenvalue weighted by Crippen LogP contribution is 2.31. The van der Waals surface area contributed by atoms with Crippen LogP contribution in [0.3, 0.4) is 0 Å². The van der Waals surface area contributed by atoms with E-state index in [1.807, 2.05) is 0 Å². The molecule has 0 radical (unpaired) electrons. The van der Waals surface area contributed by atoms with Crippen molar-refractivity contribution >= 4 is 11.6 Å². The van der Waals surface area contributed by atoms with E-state index < -0.39 is 12.7 Å². The van der Waals surface area contributed by atoms with Gasteiger partial charge in [-0.2, -0.15) is 18.3 Å². The molecule has 3 aromatic heterocycles. The molecule has 4 aromatic rings. The van der Waals surface area contributed by atoms with Crippen molar-refractivity contribution in [3.8, 4) is 16.9 Å². The quantitative estimate of drug-likeness (QED) is 0.467. The van der Waals surface area contributed by atoms with Crippen LogP contribution in [0.15, 0.2) is 36.9 Å². The summed E-state index contributed by atoms with van der Waals surface area (Å²) in [5, 5.41) is 6.95. The minimum Gasteiger partial charge on any atom is -0.493 e. The Morgan fingerprint density at radius 3 is 2.84 bits per heavy atom. The standard InChI is InChI=1S/C21H18F4N6O/c1-12-9-31-19(29-12)15(13-6-28-30(10-13)11-21(23,24)25)7-26-20(31)27-8-16-14-4-5-32-18(14)3-2-17(16)22/h2-3,6-7,9-10H,4-5,8,11H2,1H3,(H,26,27). The number of imidazole rings is 1. The van der Waals surface area contributed by atoms with Crippen molar-refractivity contribution in [3.05, 3.63) is 59.6 Å². The van der Waals surface area contributed by atoms with Gasteiger partial charge in [-0.15, -0.1) is 0 Å². The number of aryl methyl sites for hydroxylation is 1. The lowest BCUT2D eigenvalue weighted by atomic mass is 10.0. The Morgan fingerprint density at radius 2 is 2.03 bits per heavy atom. The van der Waals surface area contributed by atoms with E-state index in [-0.39, 0.29) is 12.4 Å². The molecule has 0 spiro atoms. The maximum absolute atomic E-state index is 14.4. The molecule has 4 heterocycles. The van der Waals surface area contributed by atoms with Crippen LogP contribution in [0.25, 0.3) is 16.8 Å². The molecule has 1 aromatic carbocycles. The first-order valence-corrected chi connectivity index (χ1v) is 9.90. The average Bonchev–Trinajstić information content (AvgIpc) is 3.45. The molecule has 0 bridgehead atoms. The molecule has 0 saturated heterocycles. The summed E-state index contributed by atoms with van der Waals surface area (Å²) in [6, 6.07) is 3.01. The molecular formula is C21H18F4N6O. The van der Waals surface area contributed by atoms with E-state index in [0.717, 1.165) is 10.2 Å². The summed E-state index contributed by atoms with van der Waals surface area (Å²) in [5.74, 6) is 0.794. The fourth-order valence-electron chi connectivity index (χ4n) is 3.88.